The number of aromatic nitrogens is 2. The Morgan fingerprint density at radius 1 is 0.846 bits per heavy atom. The van der Waals surface area contributed by atoms with Crippen molar-refractivity contribution in [3.63, 3.8) is 0 Å². The standard InChI is InChI=1S/C20H13IN2O3/c21-17-3-1-2-4-18(17)25-16-11-7-13(8-12-16)19-22-20(26-23-19)14-5-9-15(24)10-6-14/h1-12,24H. The van der Waals surface area contributed by atoms with Gasteiger partial charge < -0.3 is 14.4 Å². The molecule has 0 radical (unpaired) electrons. The van der Waals surface area contributed by atoms with Crippen molar-refractivity contribution in [1.29, 1.82) is 0 Å². The maximum atomic E-state index is 9.36. The molecule has 1 heterocycles. The molecule has 0 atom stereocenters. The lowest BCUT2D eigenvalue weighted by atomic mass is 10.2. The summed E-state index contributed by atoms with van der Waals surface area (Å²) in [7, 11) is 0. The molecule has 0 aliphatic rings. The summed E-state index contributed by atoms with van der Waals surface area (Å²) < 4.78 is 12.2. The summed E-state index contributed by atoms with van der Waals surface area (Å²) in [5, 5.41) is 13.4. The minimum atomic E-state index is 0.192. The highest BCUT2D eigenvalue weighted by molar-refractivity contribution is 14.1. The number of phenolic OH excluding ortho intramolecular Hbond substituents is 1. The lowest BCUT2D eigenvalue weighted by Gasteiger charge is -2.07. The molecule has 128 valence electrons. The van der Waals surface area contributed by atoms with Crippen LogP contribution in [-0.2, 0) is 0 Å². The zero-order valence-electron chi connectivity index (χ0n) is 13.5. The van der Waals surface area contributed by atoms with Crippen LogP contribution in [0, 0.1) is 3.57 Å². The van der Waals surface area contributed by atoms with Crippen LogP contribution in [0.3, 0.4) is 0 Å². The first-order chi connectivity index (χ1) is 12.7. The zero-order valence-corrected chi connectivity index (χ0v) is 15.6. The van der Waals surface area contributed by atoms with Gasteiger partial charge >= 0.3 is 0 Å². The second kappa shape index (κ2) is 7.17. The number of benzene rings is 3. The molecule has 0 spiro atoms. The van der Waals surface area contributed by atoms with E-state index in [4.69, 9.17) is 9.26 Å². The van der Waals surface area contributed by atoms with Crippen molar-refractivity contribution in [2.24, 2.45) is 0 Å². The van der Waals surface area contributed by atoms with Crippen LogP contribution in [0.15, 0.2) is 77.3 Å². The summed E-state index contributed by atoms with van der Waals surface area (Å²) in [4.78, 5) is 4.41. The quantitative estimate of drug-likeness (QED) is 0.411. The van der Waals surface area contributed by atoms with Crippen molar-refractivity contribution < 1.29 is 14.4 Å². The number of nitrogens with zero attached hydrogens (tertiary/aromatic N) is 2. The summed E-state index contributed by atoms with van der Waals surface area (Å²) in [5.74, 6) is 2.64. The number of ether oxygens (including phenoxy) is 1. The minimum Gasteiger partial charge on any atom is -0.508 e. The molecule has 0 saturated carbocycles. The minimum absolute atomic E-state index is 0.192. The Hall–Kier alpha value is -2.87. The monoisotopic (exact) mass is 456 g/mol. The molecule has 6 heteroatoms. The van der Waals surface area contributed by atoms with E-state index in [1.807, 2.05) is 48.5 Å². The van der Waals surface area contributed by atoms with Crippen molar-refractivity contribution in [2.75, 3.05) is 0 Å². The first kappa shape index (κ1) is 16.6. The summed E-state index contributed by atoms with van der Waals surface area (Å²) in [6, 6.07) is 22.0. The van der Waals surface area contributed by atoms with Crippen LogP contribution in [0.5, 0.6) is 17.2 Å². The van der Waals surface area contributed by atoms with Crippen molar-refractivity contribution in [3.05, 3.63) is 76.4 Å². The molecule has 0 bridgehead atoms. The maximum absolute atomic E-state index is 9.36. The molecular weight excluding hydrogens is 443 g/mol. The van der Waals surface area contributed by atoms with Crippen LogP contribution in [0.25, 0.3) is 22.8 Å². The molecular formula is C20H13IN2O3. The first-order valence-corrected chi connectivity index (χ1v) is 8.93. The van der Waals surface area contributed by atoms with E-state index in [-0.39, 0.29) is 5.75 Å². The van der Waals surface area contributed by atoms with Gasteiger partial charge in [0.05, 0.1) is 3.57 Å². The van der Waals surface area contributed by atoms with E-state index >= 15 is 0 Å². The maximum Gasteiger partial charge on any atom is 0.258 e. The Bertz CT molecular complexity index is 1030. The van der Waals surface area contributed by atoms with Crippen LogP contribution < -0.4 is 4.74 Å². The van der Waals surface area contributed by atoms with Gasteiger partial charge in [0.15, 0.2) is 0 Å². The summed E-state index contributed by atoms with van der Waals surface area (Å²) >= 11 is 2.24. The van der Waals surface area contributed by atoms with E-state index in [9.17, 15) is 5.11 Å². The van der Waals surface area contributed by atoms with E-state index in [0.717, 1.165) is 26.2 Å². The van der Waals surface area contributed by atoms with Gasteiger partial charge in [-0.3, -0.25) is 0 Å². The van der Waals surface area contributed by atoms with Gasteiger partial charge in [0, 0.05) is 11.1 Å². The molecule has 26 heavy (non-hydrogen) atoms. The molecule has 0 aliphatic heterocycles. The molecule has 0 fully saturated rings. The van der Waals surface area contributed by atoms with Gasteiger partial charge in [-0.2, -0.15) is 4.98 Å². The third-order valence-corrected chi connectivity index (χ3v) is 4.61. The highest BCUT2D eigenvalue weighted by atomic mass is 127. The molecule has 4 rings (SSSR count). The van der Waals surface area contributed by atoms with Crippen LogP contribution in [0.2, 0.25) is 0 Å². The molecule has 0 unspecified atom stereocenters. The molecule has 0 amide bonds. The van der Waals surface area contributed by atoms with Crippen molar-refractivity contribution in [1.82, 2.24) is 10.1 Å². The fraction of sp³-hybridized carbons (Fsp3) is 0. The highest BCUT2D eigenvalue weighted by Gasteiger charge is 2.11. The molecule has 3 aromatic carbocycles. The zero-order chi connectivity index (χ0) is 17.9. The first-order valence-electron chi connectivity index (χ1n) is 7.85. The van der Waals surface area contributed by atoms with Gasteiger partial charge in [-0.05, 0) is 83.3 Å². The van der Waals surface area contributed by atoms with E-state index < -0.39 is 0 Å². The predicted octanol–water partition coefficient (Wildman–Crippen LogP) is 5.51. The SMILES string of the molecule is Oc1ccc(-c2nc(-c3ccc(Oc4ccccc4I)cc3)no2)cc1. The van der Waals surface area contributed by atoms with E-state index in [1.54, 1.807) is 24.3 Å². The summed E-state index contributed by atoms with van der Waals surface area (Å²) in [6.07, 6.45) is 0. The fourth-order valence-electron chi connectivity index (χ4n) is 2.39. The number of phenols is 1. The second-order valence-corrected chi connectivity index (χ2v) is 6.69. The van der Waals surface area contributed by atoms with E-state index in [2.05, 4.69) is 32.7 Å². The number of hydrogen-bond acceptors (Lipinski definition) is 5. The van der Waals surface area contributed by atoms with Gasteiger partial charge in [0.2, 0.25) is 5.82 Å². The van der Waals surface area contributed by atoms with Gasteiger partial charge in [0.1, 0.15) is 17.2 Å². The number of rotatable bonds is 4. The molecule has 0 saturated heterocycles. The molecule has 4 aromatic rings. The Kier molecular flexibility index (Phi) is 4.57. The topological polar surface area (TPSA) is 68.4 Å². The fourth-order valence-corrected chi connectivity index (χ4v) is 2.89. The van der Waals surface area contributed by atoms with E-state index in [1.165, 1.54) is 0 Å². The lowest BCUT2D eigenvalue weighted by molar-refractivity contribution is 0.432. The van der Waals surface area contributed by atoms with Gasteiger partial charge in [-0.15, -0.1) is 0 Å². The number of aromatic hydroxyl groups is 1. The smallest absolute Gasteiger partial charge is 0.258 e. The number of halogens is 1. The van der Waals surface area contributed by atoms with E-state index in [0.29, 0.717) is 11.7 Å². The predicted molar refractivity (Wildman–Crippen MR) is 106 cm³/mol. The molecule has 1 N–H and O–H groups in total. The molecule has 0 aliphatic carbocycles. The van der Waals surface area contributed by atoms with Crippen molar-refractivity contribution >= 4 is 22.6 Å². The largest absolute Gasteiger partial charge is 0.508 e. The Balaban J connectivity index is 1.54. The van der Waals surface area contributed by atoms with Crippen LogP contribution in [0.4, 0.5) is 0 Å². The van der Waals surface area contributed by atoms with Crippen molar-refractivity contribution in [2.45, 2.75) is 0 Å². The third kappa shape index (κ3) is 3.55. The highest BCUT2D eigenvalue weighted by Crippen LogP contribution is 2.29. The second-order valence-electron chi connectivity index (χ2n) is 5.53. The Labute approximate surface area is 163 Å². The Morgan fingerprint density at radius 2 is 1.54 bits per heavy atom. The summed E-state index contributed by atoms with van der Waals surface area (Å²) in [5.41, 5.74) is 1.58. The molecule has 1 aromatic heterocycles. The average molecular weight is 456 g/mol. The van der Waals surface area contributed by atoms with Crippen LogP contribution >= 0.6 is 22.6 Å². The average Bonchev–Trinajstić information content (AvgIpc) is 3.15. The van der Waals surface area contributed by atoms with Crippen LogP contribution in [0.1, 0.15) is 0 Å². The third-order valence-electron chi connectivity index (χ3n) is 3.72. The van der Waals surface area contributed by atoms with Gasteiger partial charge in [-0.1, -0.05) is 17.3 Å². The van der Waals surface area contributed by atoms with Crippen LogP contribution in [-0.4, -0.2) is 15.2 Å². The number of hydrogen-bond donors (Lipinski definition) is 1. The summed E-state index contributed by atoms with van der Waals surface area (Å²) in [6.45, 7) is 0. The molecule has 5 nitrogen and oxygen atoms in total. The van der Waals surface area contributed by atoms with Crippen molar-refractivity contribution in [3.8, 4) is 40.1 Å². The Morgan fingerprint density at radius 3 is 2.27 bits per heavy atom. The van der Waals surface area contributed by atoms with Gasteiger partial charge in [0.25, 0.3) is 5.89 Å². The van der Waals surface area contributed by atoms with Gasteiger partial charge in [-0.25, -0.2) is 0 Å². The normalized spacial score (nSPS) is 10.7. The lowest BCUT2D eigenvalue weighted by Crippen LogP contribution is -1.87. The number of para-hydroxylation sites is 1.